The molecule has 0 spiro atoms. The number of allylic oxidation sites excluding steroid dienone is 13. The van der Waals surface area contributed by atoms with Gasteiger partial charge in [-0.2, -0.15) is 0 Å². The molecule has 0 bridgehead atoms. The normalized spacial score (nSPS) is 21.1. The SMILES string of the molecule is C=CCC1=CC=CC1(Cc1ccccc1)C1=C(Cc2ccccc2CC2=CC=CC2)CC=C1. The molecule has 0 radical (unpaired) electrons. The highest BCUT2D eigenvalue weighted by Gasteiger charge is 2.38. The van der Waals surface area contributed by atoms with Crippen LogP contribution >= 0.6 is 0 Å². The molecule has 0 heteroatoms. The minimum atomic E-state index is -0.0787. The summed E-state index contributed by atoms with van der Waals surface area (Å²) in [5.41, 5.74) is 10.2. The van der Waals surface area contributed by atoms with E-state index in [0.717, 1.165) is 38.5 Å². The Morgan fingerprint density at radius 3 is 2.36 bits per heavy atom. The van der Waals surface area contributed by atoms with E-state index in [9.17, 15) is 0 Å². The van der Waals surface area contributed by atoms with Crippen molar-refractivity contribution < 1.29 is 0 Å². The highest BCUT2D eigenvalue weighted by molar-refractivity contribution is 5.55. The van der Waals surface area contributed by atoms with Gasteiger partial charge < -0.3 is 0 Å². The van der Waals surface area contributed by atoms with Gasteiger partial charge >= 0.3 is 0 Å². The molecule has 0 amide bonds. The van der Waals surface area contributed by atoms with Crippen LogP contribution in [0.5, 0.6) is 0 Å². The molecule has 2 aromatic carbocycles. The summed E-state index contributed by atoms with van der Waals surface area (Å²) in [5, 5.41) is 0. The maximum atomic E-state index is 4.06. The Hall–Kier alpha value is -3.38. The van der Waals surface area contributed by atoms with Crippen molar-refractivity contribution in [3.8, 4) is 0 Å². The molecule has 0 aromatic heterocycles. The highest BCUT2D eigenvalue weighted by atomic mass is 14.4. The van der Waals surface area contributed by atoms with Crippen LogP contribution in [0, 0.1) is 5.41 Å². The third-order valence-electron chi connectivity index (χ3n) is 7.24. The molecule has 1 atom stereocenters. The van der Waals surface area contributed by atoms with Crippen molar-refractivity contribution in [2.24, 2.45) is 5.41 Å². The second kappa shape index (κ2) is 9.63. The van der Waals surface area contributed by atoms with Crippen LogP contribution in [0.1, 0.15) is 36.0 Å². The Kier molecular flexibility index (Phi) is 6.26. The topological polar surface area (TPSA) is 0 Å². The summed E-state index contributed by atoms with van der Waals surface area (Å²) in [6.45, 7) is 4.06. The Morgan fingerprint density at radius 1 is 0.818 bits per heavy atom. The summed E-state index contributed by atoms with van der Waals surface area (Å²) in [7, 11) is 0. The molecule has 0 N–H and O–H groups in total. The third kappa shape index (κ3) is 4.44. The lowest BCUT2D eigenvalue weighted by atomic mass is 9.69. The molecule has 0 saturated heterocycles. The zero-order valence-corrected chi connectivity index (χ0v) is 19.3. The average Bonchev–Trinajstić information content (AvgIpc) is 3.59. The summed E-state index contributed by atoms with van der Waals surface area (Å²) >= 11 is 0. The second-order valence-electron chi connectivity index (χ2n) is 9.38. The van der Waals surface area contributed by atoms with Crippen LogP contribution in [0.15, 0.2) is 138 Å². The first-order valence-corrected chi connectivity index (χ1v) is 12.1. The number of hydrogen-bond donors (Lipinski definition) is 0. The van der Waals surface area contributed by atoms with Gasteiger partial charge in [0.25, 0.3) is 0 Å². The number of benzene rings is 2. The Balaban J connectivity index is 1.51. The Morgan fingerprint density at radius 2 is 1.61 bits per heavy atom. The van der Waals surface area contributed by atoms with Crippen LogP contribution in [0.3, 0.4) is 0 Å². The van der Waals surface area contributed by atoms with E-state index in [0.29, 0.717) is 0 Å². The van der Waals surface area contributed by atoms with Crippen molar-refractivity contribution in [1.29, 1.82) is 0 Å². The lowest BCUT2D eigenvalue weighted by molar-refractivity contribution is 0.549. The lowest BCUT2D eigenvalue weighted by Crippen LogP contribution is -2.25. The van der Waals surface area contributed by atoms with Gasteiger partial charge in [-0.25, -0.2) is 0 Å². The van der Waals surface area contributed by atoms with E-state index in [2.05, 4.69) is 116 Å². The van der Waals surface area contributed by atoms with Crippen LogP contribution in [-0.2, 0) is 19.3 Å². The fraction of sp³-hybridized carbons (Fsp3) is 0.212. The van der Waals surface area contributed by atoms with Gasteiger partial charge in [0.15, 0.2) is 0 Å². The predicted octanol–water partition coefficient (Wildman–Crippen LogP) is 8.22. The lowest BCUT2D eigenvalue weighted by Gasteiger charge is -2.34. The number of hydrogen-bond acceptors (Lipinski definition) is 0. The van der Waals surface area contributed by atoms with E-state index in [-0.39, 0.29) is 5.41 Å². The van der Waals surface area contributed by atoms with Gasteiger partial charge in [-0.3, -0.25) is 0 Å². The molecule has 164 valence electrons. The van der Waals surface area contributed by atoms with Crippen molar-refractivity contribution in [2.75, 3.05) is 0 Å². The minimum absolute atomic E-state index is 0.0787. The summed E-state index contributed by atoms with van der Waals surface area (Å²) in [5.74, 6) is 0. The molecule has 3 aliphatic carbocycles. The van der Waals surface area contributed by atoms with E-state index in [1.165, 1.54) is 33.4 Å². The quantitative estimate of drug-likeness (QED) is 0.353. The fourth-order valence-electron chi connectivity index (χ4n) is 5.62. The predicted molar refractivity (Wildman–Crippen MR) is 141 cm³/mol. The second-order valence-corrected chi connectivity index (χ2v) is 9.38. The van der Waals surface area contributed by atoms with Crippen molar-refractivity contribution in [2.45, 2.75) is 38.5 Å². The summed E-state index contributed by atoms with van der Waals surface area (Å²) in [6.07, 6.45) is 26.7. The molecule has 1 unspecified atom stereocenters. The van der Waals surface area contributed by atoms with Crippen LogP contribution in [0.25, 0.3) is 0 Å². The van der Waals surface area contributed by atoms with Gasteiger partial charge in [0.05, 0.1) is 0 Å². The Bertz CT molecular complexity index is 1210. The Labute approximate surface area is 198 Å². The zero-order chi connectivity index (χ0) is 22.5. The first-order valence-electron chi connectivity index (χ1n) is 12.1. The largest absolute Gasteiger partial charge is 0.103 e. The maximum Gasteiger partial charge on any atom is 0.0390 e. The average molecular weight is 429 g/mol. The molecule has 2 aromatic rings. The highest BCUT2D eigenvalue weighted by Crippen LogP contribution is 2.49. The third-order valence-corrected chi connectivity index (χ3v) is 7.24. The van der Waals surface area contributed by atoms with Crippen LogP contribution < -0.4 is 0 Å². The molecule has 33 heavy (non-hydrogen) atoms. The molecular formula is C33H32. The standard InChI is InChI=1S/C33H32/c1-2-12-31-20-11-22-33(31,25-27-15-4-3-5-16-27)32-21-10-19-30(32)24-29-18-9-8-17-28(29)23-26-13-6-7-14-26/h2-11,13,15-18,20-22H,1,12,14,19,23-25H2. The van der Waals surface area contributed by atoms with Gasteiger partial charge in [0.2, 0.25) is 0 Å². The van der Waals surface area contributed by atoms with Gasteiger partial charge in [-0.15, -0.1) is 6.58 Å². The fourth-order valence-corrected chi connectivity index (χ4v) is 5.62. The number of rotatable bonds is 9. The van der Waals surface area contributed by atoms with Crippen molar-refractivity contribution in [1.82, 2.24) is 0 Å². The summed E-state index contributed by atoms with van der Waals surface area (Å²) in [6, 6.07) is 20.0. The van der Waals surface area contributed by atoms with Crippen molar-refractivity contribution >= 4 is 0 Å². The summed E-state index contributed by atoms with van der Waals surface area (Å²) in [4.78, 5) is 0. The first-order chi connectivity index (χ1) is 16.3. The van der Waals surface area contributed by atoms with Crippen LogP contribution in [0.4, 0.5) is 0 Å². The zero-order valence-electron chi connectivity index (χ0n) is 19.3. The van der Waals surface area contributed by atoms with Gasteiger partial charge in [0, 0.05) is 5.41 Å². The smallest absolute Gasteiger partial charge is 0.0390 e. The molecule has 3 aliphatic rings. The van der Waals surface area contributed by atoms with E-state index in [1.54, 1.807) is 5.57 Å². The van der Waals surface area contributed by atoms with E-state index in [1.807, 2.05) is 0 Å². The minimum Gasteiger partial charge on any atom is -0.103 e. The van der Waals surface area contributed by atoms with Gasteiger partial charge in [-0.05, 0) is 60.8 Å². The molecule has 0 saturated carbocycles. The van der Waals surface area contributed by atoms with E-state index >= 15 is 0 Å². The van der Waals surface area contributed by atoms with Crippen molar-refractivity contribution in [3.63, 3.8) is 0 Å². The molecule has 0 nitrogen and oxygen atoms in total. The van der Waals surface area contributed by atoms with Crippen LogP contribution in [-0.4, -0.2) is 0 Å². The molecule has 5 rings (SSSR count). The van der Waals surface area contributed by atoms with Gasteiger partial charge in [0.1, 0.15) is 0 Å². The molecular weight excluding hydrogens is 396 g/mol. The monoisotopic (exact) mass is 428 g/mol. The maximum absolute atomic E-state index is 4.06. The van der Waals surface area contributed by atoms with Crippen LogP contribution in [0.2, 0.25) is 0 Å². The van der Waals surface area contributed by atoms with Crippen molar-refractivity contribution in [3.05, 3.63) is 155 Å². The van der Waals surface area contributed by atoms with E-state index < -0.39 is 0 Å². The molecule has 0 heterocycles. The summed E-state index contributed by atoms with van der Waals surface area (Å²) < 4.78 is 0. The first kappa shape index (κ1) is 21.5. The molecule has 0 fully saturated rings. The molecule has 0 aliphatic heterocycles. The van der Waals surface area contributed by atoms with E-state index in [4.69, 9.17) is 0 Å². The van der Waals surface area contributed by atoms with Gasteiger partial charge in [-0.1, -0.05) is 126 Å².